The second-order valence-electron chi connectivity index (χ2n) is 5.13. The zero-order valence-corrected chi connectivity index (χ0v) is 10.6. The van der Waals surface area contributed by atoms with E-state index in [0.717, 1.165) is 12.8 Å². The molecular formula is C14H17N3O2. The molecule has 0 bridgehead atoms. The number of amides is 2. The Morgan fingerprint density at radius 1 is 1.21 bits per heavy atom. The van der Waals surface area contributed by atoms with Crippen molar-refractivity contribution in [2.24, 2.45) is 0 Å². The van der Waals surface area contributed by atoms with Gasteiger partial charge >= 0.3 is 0 Å². The van der Waals surface area contributed by atoms with E-state index >= 15 is 0 Å². The SMILES string of the molecule is O=C1CNCC(C(=O)NC2Cc3ccccc3C2)N1. The van der Waals surface area contributed by atoms with Gasteiger partial charge in [0, 0.05) is 12.6 Å². The van der Waals surface area contributed by atoms with Crippen LogP contribution in [0.4, 0.5) is 0 Å². The third-order valence-corrected chi connectivity index (χ3v) is 3.68. The average molecular weight is 259 g/mol. The van der Waals surface area contributed by atoms with E-state index in [4.69, 9.17) is 0 Å². The van der Waals surface area contributed by atoms with Gasteiger partial charge in [-0.2, -0.15) is 0 Å². The second-order valence-corrected chi connectivity index (χ2v) is 5.13. The van der Waals surface area contributed by atoms with Crippen molar-refractivity contribution in [3.63, 3.8) is 0 Å². The lowest BCUT2D eigenvalue weighted by molar-refractivity contribution is -0.130. The molecule has 2 aliphatic rings. The molecule has 2 amide bonds. The molecule has 1 fully saturated rings. The topological polar surface area (TPSA) is 70.2 Å². The van der Waals surface area contributed by atoms with Gasteiger partial charge in [-0.1, -0.05) is 24.3 Å². The van der Waals surface area contributed by atoms with Crippen LogP contribution in [-0.4, -0.2) is 37.0 Å². The number of carbonyl (C=O) groups is 2. The fourth-order valence-electron chi connectivity index (χ4n) is 2.75. The van der Waals surface area contributed by atoms with Gasteiger partial charge in [-0.25, -0.2) is 0 Å². The zero-order chi connectivity index (χ0) is 13.2. The van der Waals surface area contributed by atoms with Gasteiger partial charge in [0.25, 0.3) is 0 Å². The highest BCUT2D eigenvalue weighted by Crippen LogP contribution is 2.21. The Morgan fingerprint density at radius 2 is 1.89 bits per heavy atom. The molecule has 0 saturated carbocycles. The third-order valence-electron chi connectivity index (χ3n) is 3.68. The van der Waals surface area contributed by atoms with Crippen LogP contribution in [0.25, 0.3) is 0 Å². The number of piperazine rings is 1. The van der Waals surface area contributed by atoms with Gasteiger partial charge < -0.3 is 16.0 Å². The summed E-state index contributed by atoms with van der Waals surface area (Å²) in [6.45, 7) is 0.788. The Balaban J connectivity index is 1.58. The van der Waals surface area contributed by atoms with E-state index in [1.807, 2.05) is 12.1 Å². The Morgan fingerprint density at radius 3 is 2.53 bits per heavy atom. The molecule has 1 saturated heterocycles. The van der Waals surface area contributed by atoms with E-state index in [1.54, 1.807) is 0 Å². The summed E-state index contributed by atoms with van der Waals surface area (Å²) in [5.41, 5.74) is 2.61. The van der Waals surface area contributed by atoms with Crippen LogP contribution >= 0.6 is 0 Å². The summed E-state index contributed by atoms with van der Waals surface area (Å²) >= 11 is 0. The van der Waals surface area contributed by atoms with E-state index in [-0.39, 0.29) is 17.9 Å². The number of hydrogen-bond donors (Lipinski definition) is 3. The molecule has 0 aromatic heterocycles. The van der Waals surface area contributed by atoms with Gasteiger partial charge in [-0.15, -0.1) is 0 Å². The normalized spacial score (nSPS) is 22.7. The predicted octanol–water partition coefficient (Wildman–Crippen LogP) is -0.642. The van der Waals surface area contributed by atoms with Crippen LogP contribution in [0.2, 0.25) is 0 Å². The summed E-state index contributed by atoms with van der Waals surface area (Å²) in [6.07, 6.45) is 1.74. The van der Waals surface area contributed by atoms with Crippen LogP contribution in [0.5, 0.6) is 0 Å². The van der Waals surface area contributed by atoms with Crippen molar-refractivity contribution < 1.29 is 9.59 Å². The van der Waals surface area contributed by atoms with Crippen LogP contribution in [0.3, 0.4) is 0 Å². The first-order chi connectivity index (χ1) is 9.22. The van der Waals surface area contributed by atoms with Crippen molar-refractivity contribution in [2.45, 2.75) is 24.9 Å². The molecule has 1 aromatic rings. The summed E-state index contributed by atoms with van der Waals surface area (Å²) in [5.74, 6) is -0.223. The van der Waals surface area contributed by atoms with Crippen molar-refractivity contribution in [2.75, 3.05) is 13.1 Å². The molecule has 19 heavy (non-hydrogen) atoms. The fraction of sp³-hybridized carbons (Fsp3) is 0.429. The van der Waals surface area contributed by atoms with Gasteiger partial charge in [-0.05, 0) is 24.0 Å². The van der Waals surface area contributed by atoms with E-state index in [9.17, 15) is 9.59 Å². The van der Waals surface area contributed by atoms with E-state index in [2.05, 4.69) is 28.1 Å². The minimum Gasteiger partial charge on any atom is -0.351 e. The number of rotatable bonds is 2. The quantitative estimate of drug-likeness (QED) is 0.661. The molecule has 1 aromatic carbocycles. The van der Waals surface area contributed by atoms with Crippen molar-refractivity contribution in [1.29, 1.82) is 0 Å². The van der Waals surface area contributed by atoms with Crippen LogP contribution in [0.1, 0.15) is 11.1 Å². The highest BCUT2D eigenvalue weighted by molar-refractivity contribution is 5.89. The Labute approximate surface area is 111 Å². The maximum Gasteiger partial charge on any atom is 0.244 e. The van der Waals surface area contributed by atoms with E-state index in [0.29, 0.717) is 13.1 Å². The minimum absolute atomic E-state index is 0.0987. The average Bonchev–Trinajstić information content (AvgIpc) is 2.80. The molecule has 100 valence electrons. The lowest BCUT2D eigenvalue weighted by Crippen LogP contribution is -2.59. The molecule has 1 aliphatic carbocycles. The van der Waals surface area contributed by atoms with E-state index in [1.165, 1.54) is 11.1 Å². The standard InChI is InChI=1S/C14H17N3O2/c18-13-8-15-7-12(17-13)14(19)16-11-5-9-3-1-2-4-10(9)6-11/h1-4,11-12,15H,5-8H2,(H,16,19)(H,17,18). The molecule has 5 heteroatoms. The monoisotopic (exact) mass is 259 g/mol. The van der Waals surface area contributed by atoms with E-state index < -0.39 is 6.04 Å². The van der Waals surface area contributed by atoms with Gasteiger partial charge in [0.15, 0.2) is 0 Å². The molecule has 1 atom stereocenters. The van der Waals surface area contributed by atoms with Crippen molar-refractivity contribution in [1.82, 2.24) is 16.0 Å². The fourth-order valence-corrected chi connectivity index (χ4v) is 2.75. The highest BCUT2D eigenvalue weighted by Gasteiger charge is 2.28. The molecule has 1 unspecified atom stereocenters. The molecule has 3 N–H and O–H groups in total. The first-order valence-electron chi connectivity index (χ1n) is 6.59. The summed E-state index contributed by atoms with van der Waals surface area (Å²) in [6, 6.07) is 7.94. The molecule has 0 radical (unpaired) electrons. The first kappa shape index (κ1) is 12.2. The Hall–Kier alpha value is -1.88. The highest BCUT2D eigenvalue weighted by atomic mass is 16.2. The third kappa shape index (κ3) is 2.61. The lowest BCUT2D eigenvalue weighted by atomic mass is 10.1. The summed E-state index contributed by atoms with van der Waals surface area (Å²) < 4.78 is 0. The molecular weight excluding hydrogens is 242 g/mol. The van der Waals surface area contributed by atoms with Gasteiger partial charge in [0.05, 0.1) is 6.54 Å². The maximum absolute atomic E-state index is 12.1. The van der Waals surface area contributed by atoms with Crippen molar-refractivity contribution in [3.8, 4) is 0 Å². The molecule has 1 aliphatic heterocycles. The van der Waals surface area contributed by atoms with Gasteiger partial charge in [0.1, 0.15) is 6.04 Å². The van der Waals surface area contributed by atoms with Gasteiger partial charge in [0.2, 0.25) is 11.8 Å². The number of fused-ring (bicyclic) bond motifs is 1. The number of nitrogens with one attached hydrogen (secondary N) is 3. The number of hydrogen-bond acceptors (Lipinski definition) is 3. The maximum atomic E-state index is 12.1. The van der Waals surface area contributed by atoms with Crippen molar-refractivity contribution >= 4 is 11.8 Å². The Bertz CT molecular complexity index is 490. The summed E-state index contributed by atoms with van der Waals surface area (Å²) in [4.78, 5) is 23.3. The Kier molecular flexibility index (Phi) is 3.21. The zero-order valence-electron chi connectivity index (χ0n) is 10.6. The largest absolute Gasteiger partial charge is 0.351 e. The van der Waals surface area contributed by atoms with Crippen LogP contribution < -0.4 is 16.0 Å². The van der Waals surface area contributed by atoms with Gasteiger partial charge in [-0.3, -0.25) is 9.59 Å². The number of benzene rings is 1. The lowest BCUT2D eigenvalue weighted by Gasteiger charge is -2.24. The molecule has 3 rings (SSSR count). The van der Waals surface area contributed by atoms with Crippen LogP contribution in [0, 0.1) is 0 Å². The minimum atomic E-state index is -0.454. The second kappa shape index (κ2) is 5.01. The molecule has 5 nitrogen and oxygen atoms in total. The van der Waals surface area contributed by atoms with Crippen molar-refractivity contribution in [3.05, 3.63) is 35.4 Å². The first-order valence-corrected chi connectivity index (χ1v) is 6.59. The molecule has 0 spiro atoms. The smallest absolute Gasteiger partial charge is 0.244 e. The summed E-state index contributed by atoms with van der Waals surface area (Å²) in [5, 5.41) is 8.65. The predicted molar refractivity (Wildman–Crippen MR) is 70.6 cm³/mol. The van der Waals surface area contributed by atoms with Crippen LogP contribution in [0.15, 0.2) is 24.3 Å². The van der Waals surface area contributed by atoms with Crippen LogP contribution in [-0.2, 0) is 22.4 Å². The summed E-state index contributed by atoms with van der Waals surface area (Å²) in [7, 11) is 0. The number of carbonyl (C=O) groups excluding carboxylic acids is 2. The molecule has 1 heterocycles.